The Balaban J connectivity index is 1.60. The molecule has 1 N–H and O–H groups in total. The maximum absolute atomic E-state index is 12.5. The Morgan fingerprint density at radius 2 is 1.77 bits per heavy atom. The summed E-state index contributed by atoms with van der Waals surface area (Å²) in [6.07, 6.45) is 3.06. The molecule has 2 aromatic carbocycles. The number of rotatable bonds is 8. The van der Waals surface area contributed by atoms with Gasteiger partial charge in [0, 0.05) is 31.3 Å². The lowest BCUT2D eigenvalue weighted by atomic mass is 10.1. The van der Waals surface area contributed by atoms with E-state index in [9.17, 15) is 13.2 Å². The number of hydrogen-bond acceptors (Lipinski definition) is 5. The Bertz CT molecular complexity index is 1010. The van der Waals surface area contributed by atoms with Crippen molar-refractivity contribution in [1.82, 2.24) is 9.62 Å². The molecular formula is C22H26N2O5S. The van der Waals surface area contributed by atoms with Crippen molar-refractivity contribution in [2.75, 3.05) is 26.3 Å². The van der Waals surface area contributed by atoms with E-state index in [-0.39, 0.29) is 10.8 Å². The number of ether oxygens (including phenoxy) is 2. The number of para-hydroxylation sites is 1. The van der Waals surface area contributed by atoms with Crippen molar-refractivity contribution in [3.63, 3.8) is 0 Å². The number of benzene rings is 2. The smallest absolute Gasteiger partial charge is 0.244 e. The van der Waals surface area contributed by atoms with Crippen LogP contribution >= 0.6 is 0 Å². The fraction of sp³-hybridized carbons (Fsp3) is 0.318. The van der Waals surface area contributed by atoms with Crippen LogP contribution in [0, 0.1) is 0 Å². The van der Waals surface area contributed by atoms with Crippen molar-refractivity contribution < 1.29 is 22.7 Å². The van der Waals surface area contributed by atoms with E-state index in [0.29, 0.717) is 44.3 Å². The van der Waals surface area contributed by atoms with Gasteiger partial charge in [0.05, 0.1) is 4.90 Å². The van der Waals surface area contributed by atoms with E-state index >= 15 is 0 Å². The minimum absolute atomic E-state index is 0.240. The van der Waals surface area contributed by atoms with E-state index in [1.165, 1.54) is 10.4 Å². The second kappa shape index (κ2) is 9.77. The van der Waals surface area contributed by atoms with E-state index in [1.54, 1.807) is 44.2 Å². The maximum Gasteiger partial charge on any atom is 0.244 e. The molecule has 0 aliphatic carbocycles. The summed E-state index contributed by atoms with van der Waals surface area (Å²) in [6.45, 7) is 5.77. The Hall–Kier alpha value is -2.84. The first-order valence-electron chi connectivity index (χ1n) is 9.89. The average molecular weight is 431 g/mol. The van der Waals surface area contributed by atoms with Crippen molar-refractivity contribution in [3.8, 4) is 11.5 Å². The molecule has 0 fully saturated rings. The summed E-state index contributed by atoms with van der Waals surface area (Å²) in [7, 11) is -3.49. The molecule has 1 heterocycles. The van der Waals surface area contributed by atoms with Crippen LogP contribution in [0.1, 0.15) is 25.0 Å². The molecule has 0 saturated carbocycles. The molecule has 8 heteroatoms. The summed E-state index contributed by atoms with van der Waals surface area (Å²) in [5, 5.41) is 2.82. The van der Waals surface area contributed by atoms with Crippen molar-refractivity contribution >= 4 is 22.0 Å². The predicted molar refractivity (Wildman–Crippen MR) is 115 cm³/mol. The molecule has 30 heavy (non-hydrogen) atoms. The van der Waals surface area contributed by atoms with Gasteiger partial charge in [0.25, 0.3) is 0 Å². The number of carbonyl (C=O) groups is 1. The van der Waals surface area contributed by atoms with E-state index in [2.05, 4.69) is 5.32 Å². The first-order valence-corrected chi connectivity index (χ1v) is 11.3. The van der Waals surface area contributed by atoms with Crippen LogP contribution in [0.15, 0.2) is 53.4 Å². The molecule has 7 nitrogen and oxygen atoms in total. The normalized spacial score (nSPS) is 13.6. The quantitative estimate of drug-likeness (QED) is 0.651. The van der Waals surface area contributed by atoms with Crippen LogP contribution in [0.5, 0.6) is 11.5 Å². The zero-order valence-corrected chi connectivity index (χ0v) is 17.9. The molecule has 0 radical (unpaired) electrons. The Kier molecular flexibility index (Phi) is 7.12. The average Bonchev–Trinajstić information content (AvgIpc) is 2.77. The van der Waals surface area contributed by atoms with Crippen LogP contribution in [-0.2, 0) is 21.4 Å². The van der Waals surface area contributed by atoms with Crippen LogP contribution < -0.4 is 14.8 Å². The van der Waals surface area contributed by atoms with E-state index in [4.69, 9.17) is 9.47 Å². The molecule has 1 aliphatic heterocycles. The van der Waals surface area contributed by atoms with Crippen molar-refractivity contribution in [1.29, 1.82) is 0 Å². The zero-order chi connectivity index (χ0) is 21.6. The molecule has 0 spiro atoms. The molecule has 1 amide bonds. The van der Waals surface area contributed by atoms with Crippen LogP contribution in [-0.4, -0.2) is 44.9 Å². The third-order valence-electron chi connectivity index (χ3n) is 4.75. The lowest BCUT2D eigenvalue weighted by molar-refractivity contribution is -0.116. The van der Waals surface area contributed by atoms with Gasteiger partial charge < -0.3 is 14.8 Å². The maximum atomic E-state index is 12.5. The highest BCUT2D eigenvalue weighted by Crippen LogP contribution is 2.33. The standard InChI is InChI=1S/C22H26N2O5S/c1-3-24(4-2)30(26,27)19-11-8-17(9-12-19)10-13-21(25)23-16-18-6-5-7-20-22(18)29-15-14-28-20/h5-13H,3-4,14-16H2,1-2H3,(H,23,25)/b13-10+. The number of amides is 1. The SMILES string of the molecule is CCN(CC)S(=O)(=O)c1ccc(/C=C/C(=O)NCc2cccc3c2OCCO3)cc1. The molecule has 1 aliphatic rings. The molecule has 0 bridgehead atoms. The number of fused-ring (bicyclic) bond motifs is 1. The molecule has 0 aromatic heterocycles. The van der Waals surface area contributed by atoms with Gasteiger partial charge in [0.15, 0.2) is 11.5 Å². The van der Waals surface area contributed by atoms with Gasteiger partial charge in [-0.2, -0.15) is 4.31 Å². The zero-order valence-electron chi connectivity index (χ0n) is 17.1. The van der Waals surface area contributed by atoms with E-state index < -0.39 is 10.0 Å². The highest BCUT2D eigenvalue weighted by molar-refractivity contribution is 7.89. The topological polar surface area (TPSA) is 84.9 Å². The molecule has 2 aromatic rings. The monoisotopic (exact) mass is 430 g/mol. The molecular weight excluding hydrogens is 404 g/mol. The van der Waals surface area contributed by atoms with Crippen LogP contribution in [0.4, 0.5) is 0 Å². The number of carbonyl (C=O) groups excluding carboxylic acids is 1. The first kappa shape index (κ1) is 21.9. The molecule has 3 rings (SSSR count). The minimum Gasteiger partial charge on any atom is -0.486 e. The van der Waals surface area contributed by atoms with Gasteiger partial charge in [-0.25, -0.2) is 8.42 Å². The van der Waals surface area contributed by atoms with E-state index in [0.717, 1.165) is 11.1 Å². The van der Waals surface area contributed by atoms with Crippen molar-refractivity contribution in [3.05, 3.63) is 59.7 Å². The second-order valence-corrected chi connectivity index (χ2v) is 8.59. The summed E-state index contributed by atoms with van der Waals surface area (Å²) in [5.41, 5.74) is 1.58. The molecule has 0 atom stereocenters. The first-order chi connectivity index (χ1) is 14.5. The van der Waals surface area contributed by atoms with Crippen LogP contribution in [0.25, 0.3) is 6.08 Å². The van der Waals surface area contributed by atoms with Gasteiger partial charge in [-0.3, -0.25) is 4.79 Å². The number of nitrogens with zero attached hydrogens (tertiary/aromatic N) is 1. The summed E-state index contributed by atoms with van der Waals surface area (Å²) >= 11 is 0. The number of nitrogens with one attached hydrogen (secondary N) is 1. The molecule has 160 valence electrons. The fourth-order valence-corrected chi connectivity index (χ4v) is 4.61. The highest BCUT2D eigenvalue weighted by atomic mass is 32.2. The Morgan fingerprint density at radius 3 is 2.47 bits per heavy atom. The van der Waals surface area contributed by atoms with Gasteiger partial charge in [-0.1, -0.05) is 38.1 Å². The van der Waals surface area contributed by atoms with Crippen LogP contribution in [0.3, 0.4) is 0 Å². The summed E-state index contributed by atoms with van der Waals surface area (Å²) in [4.78, 5) is 12.4. The third-order valence-corrected chi connectivity index (χ3v) is 6.82. The van der Waals surface area contributed by atoms with Gasteiger partial charge in [-0.15, -0.1) is 0 Å². The summed E-state index contributed by atoms with van der Waals surface area (Å²) in [5.74, 6) is 1.09. The Labute approximate surface area is 177 Å². The van der Waals surface area contributed by atoms with Crippen LogP contribution in [0.2, 0.25) is 0 Å². The van der Waals surface area contributed by atoms with Gasteiger partial charge in [0.2, 0.25) is 15.9 Å². The van der Waals surface area contributed by atoms with E-state index in [1.807, 2.05) is 18.2 Å². The highest BCUT2D eigenvalue weighted by Gasteiger charge is 2.21. The fourth-order valence-electron chi connectivity index (χ4n) is 3.15. The van der Waals surface area contributed by atoms with Crippen molar-refractivity contribution in [2.45, 2.75) is 25.3 Å². The third kappa shape index (κ3) is 5.01. The second-order valence-electron chi connectivity index (χ2n) is 6.65. The summed E-state index contributed by atoms with van der Waals surface area (Å²) in [6, 6.07) is 12.0. The summed E-state index contributed by atoms with van der Waals surface area (Å²) < 4.78 is 37.6. The minimum atomic E-state index is -3.49. The molecule has 0 unspecified atom stereocenters. The van der Waals surface area contributed by atoms with Crippen molar-refractivity contribution in [2.24, 2.45) is 0 Å². The Morgan fingerprint density at radius 1 is 1.07 bits per heavy atom. The van der Waals surface area contributed by atoms with Gasteiger partial charge in [-0.05, 0) is 29.8 Å². The lowest BCUT2D eigenvalue weighted by Gasteiger charge is -2.20. The predicted octanol–water partition coefficient (Wildman–Crippen LogP) is 2.82. The molecule has 0 saturated heterocycles. The largest absolute Gasteiger partial charge is 0.486 e. The lowest BCUT2D eigenvalue weighted by Crippen LogP contribution is -2.30. The van der Waals surface area contributed by atoms with Gasteiger partial charge in [0.1, 0.15) is 13.2 Å². The van der Waals surface area contributed by atoms with Gasteiger partial charge >= 0.3 is 0 Å². The number of sulfonamides is 1. The number of hydrogen-bond donors (Lipinski definition) is 1.